The summed E-state index contributed by atoms with van der Waals surface area (Å²) in [5.74, 6) is 0. The van der Waals surface area contributed by atoms with Gasteiger partial charge in [0.05, 0.1) is 18.1 Å². The molecule has 0 radical (unpaired) electrons. The van der Waals surface area contributed by atoms with Crippen LogP contribution < -0.4 is 5.73 Å². The van der Waals surface area contributed by atoms with Crippen molar-refractivity contribution >= 4 is 0 Å². The first kappa shape index (κ1) is 14.1. The molecule has 0 amide bonds. The van der Waals surface area contributed by atoms with Crippen LogP contribution in [0.2, 0.25) is 0 Å². The zero-order valence-corrected chi connectivity index (χ0v) is 12.9. The van der Waals surface area contributed by atoms with Gasteiger partial charge in [0.25, 0.3) is 0 Å². The van der Waals surface area contributed by atoms with Gasteiger partial charge >= 0.3 is 0 Å². The molecule has 112 valence electrons. The van der Waals surface area contributed by atoms with Gasteiger partial charge in [-0.25, -0.2) is 4.98 Å². The Morgan fingerprint density at radius 1 is 1.35 bits per heavy atom. The summed E-state index contributed by atoms with van der Waals surface area (Å²) in [4.78, 5) is 6.97. The zero-order valence-electron chi connectivity index (χ0n) is 12.9. The van der Waals surface area contributed by atoms with E-state index in [1.807, 2.05) is 12.5 Å². The number of aromatic nitrogens is 2. The van der Waals surface area contributed by atoms with Crippen molar-refractivity contribution in [3.63, 3.8) is 0 Å². The third-order valence-electron chi connectivity index (χ3n) is 5.02. The number of hydrogen-bond donors (Lipinski definition) is 1. The van der Waals surface area contributed by atoms with Gasteiger partial charge in [0.15, 0.2) is 0 Å². The van der Waals surface area contributed by atoms with Crippen LogP contribution in [0.3, 0.4) is 0 Å². The van der Waals surface area contributed by atoms with Crippen LogP contribution in [0, 0.1) is 5.41 Å². The molecule has 1 unspecified atom stereocenters. The molecule has 1 aliphatic carbocycles. The first-order valence-electron chi connectivity index (χ1n) is 8.06. The van der Waals surface area contributed by atoms with Crippen molar-refractivity contribution in [1.29, 1.82) is 0 Å². The van der Waals surface area contributed by atoms with Gasteiger partial charge in [-0.15, -0.1) is 0 Å². The Morgan fingerprint density at radius 2 is 2.15 bits per heavy atom. The van der Waals surface area contributed by atoms with Gasteiger partial charge in [0, 0.05) is 18.8 Å². The van der Waals surface area contributed by atoms with Crippen molar-refractivity contribution in [1.82, 2.24) is 14.5 Å². The minimum atomic E-state index is 0.340. The normalized spacial score (nSPS) is 25.4. The molecule has 0 aromatic carbocycles. The van der Waals surface area contributed by atoms with Gasteiger partial charge < -0.3 is 10.3 Å². The van der Waals surface area contributed by atoms with E-state index >= 15 is 0 Å². The quantitative estimate of drug-likeness (QED) is 0.920. The predicted molar refractivity (Wildman–Crippen MR) is 81.5 cm³/mol. The Bertz CT molecular complexity index is 447. The number of nitrogens with two attached hydrogens (primary N) is 1. The SMILES string of the molecule is CC1(C)CCCN(C(CN)c2cncn2C2CC2)CC1. The van der Waals surface area contributed by atoms with E-state index in [1.54, 1.807) is 0 Å². The fourth-order valence-corrected chi connectivity index (χ4v) is 3.44. The Hall–Kier alpha value is -0.870. The van der Waals surface area contributed by atoms with Crippen molar-refractivity contribution in [3.05, 3.63) is 18.2 Å². The van der Waals surface area contributed by atoms with Crippen LogP contribution in [0.25, 0.3) is 0 Å². The molecule has 2 heterocycles. The van der Waals surface area contributed by atoms with Crippen LogP contribution in [0.5, 0.6) is 0 Å². The highest BCUT2D eigenvalue weighted by Gasteiger charge is 2.31. The topological polar surface area (TPSA) is 47.1 Å². The lowest BCUT2D eigenvalue weighted by Gasteiger charge is -2.31. The molecule has 4 heteroatoms. The van der Waals surface area contributed by atoms with Crippen LogP contribution in [-0.2, 0) is 0 Å². The van der Waals surface area contributed by atoms with Gasteiger partial charge in [-0.1, -0.05) is 13.8 Å². The standard InChI is InChI=1S/C16H28N4/c1-16(2)6-3-8-19(9-7-16)14(10-17)15-11-18-12-20(15)13-4-5-13/h11-14H,3-10,17H2,1-2H3. The monoisotopic (exact) mass is 276 g/mol. The number of likely N-dealkylation sites (tertiary alicyclic amines) is 1. The molecule has 1 saturated carbocycles. The van der Waals surface area contributed by atoms with E-state index in [9.17, 15) is 0 Å². The van der Waals surface area contributed by atoms with E-state index in [0.29, 0.717) is 24.0 Å². The molecule has 1 atom stereocenters. The van der Waals surface area contributed by atoms with Gasteiger partial charge in [-0.05, 0) is 50.6 Å². The number of hydrogen-bond acceptors (Lipinski definition) is 3. The molecule has 1 saturated heterocycles. The number of rotatable bonds is 4. The maximum absolute atomic E-state index is 6.12. The lowest BCUT2D eigenvalue weighted by atomic mass is 9.85. The summed E-state index contributed by atoms with van der Waals surface area (Å²) in [6.07, 6.45) is 10.5. The average Bonchev–Trinajstić information content (AvgIpc) is 3.17. The Morgan fingerprint density at radius 3 is 2.85 bits per heavy atom. The Labute approximate surface area is 122 Å². The molecular weight excluding hydrogens is 248 g/mol. The number of imidazole rings is 1. The molecule has 2 fully saturated rings. The summed E-state index contributed by atoms with van der Waals surface area (Å²) in [6.45, 7) is 7.80. The molecule has 0 spiro atoms. The molecule has 1 aromatic rings. The fraction of sp³-hybridized carbons (Fsp3) is 0.812. The van der Waals surface area contributed by atoms with E-state index in [0.717, 1.165) is 6.54 Å². The summed E-state index contributed by atoms with van der Waals surface area (Å²) in [5, 5.41) is 0. The van der Waals surface area contributed by atoms with Gasteiger partial charge in [0.2, 0.25) is 0 Å². The Kier molecular flexibility index (Phi) is 3.87. The summed E-state index contributed by atoms with van der Waals surface area (Å²) < 4.78 is 2.37. The summed E-state index contributed by atoms with van der Waals surface area (Å²) in [7, 11) is 0. The van der Waals surface area contributed by atoms with E-state index in [-0.39, 0.29) is 0 Å². The second-order valence-electron chi connectivity index (χ2n) is 7.26. The summed E-state index contributed by atoms with van der Waals surface area (Å²) in [6, 6.07) is 1.02. The second-order valence-corrected chi connectivity index (χ2v) is 7.26. The zero-order chi connectivity index (χ0) is 14.2. The van der Waals surface area contributed by atoms with Crippen molar-refractivity contribution in [2.75, 3.05) is 19.6 Å². The molecule has 0 bridgehead atoms. The van der Waals surface area contributed by atoms with Gasteiger partial charge in [0.1, 0.15) is 0 Å². The predicted octanol–water partition coefficient (Wildman–Crippen LogP) is 2.73. The van der Waals surface area contributed by atoms with Crippen LogP contribution in [0.15, 0.2) is 12.5 Å². The van der Waals surface area contributed by atoms with Crippen LogP contribution in [-0.4, -0.2) is 34.1 Å². The third kappa shape index (κ3) is 2.91. The highest BCUT2D eigenvalue weighted by atomic mass is 15.2. The molecule has 2 aliphatic rings. The van der Waals surface area contributed by atoms with E-state index in [4.69, 9.17) is 5.73 Å². The Balaban J connectivity index is 1.77. The average molecular weight is 276 g/mol. The first-order valence-corrected chi connectivity index (χ1v) is 8.06. The molecule has 3 rings (SSSR count). The van der Waals surface area contributed by atoms with Crippen LogP contribution >= 0.6 is 0 Å². The summed E-state index contributed by atoms with van der Waals surface area (Å²) in [5.41, 5.74) is 7.93. The van der Waals surface area contributed by atoms with Crippen LogP contribution in [0.1, 0.15) is 63.7 Å². The highest BCUT2D eigenvalue weighted by Crippen LogP contribution is 2.38. The minimum absolute atomic E-state index is 0.340. The van der Waals surface area contributed by atoms with Gasteiger partial charge in [-0.2, -0.15) is 0 Å². The molecule has 1 aliphatic heterocycles. The smallest absolute Gasteiger partial charge is 0.0951 e. The lowest BCUT2D eigenvalue weighted by molar-refractivity contribution is 0.193. The second kappa shape index (κ2) is 5.49. The maximum atomic E-state index is 6.12. The van der Waals surface area contributed by atoms with E-state index in [2.05, 4.69) is 28.3 Å². The molecule has 4 nitrogen and oxygen atoms in total. The minimum Gasteiger partial charge on any atom is -0.330 e. The third-order valence-corrected chi connectivity index (χ3v) is 5.02. The molecule has 20 heavy (non-hydrogen) atoms. The maximum Gasteiger partial charge on any atom is 0.0951 e. The van der Waals surface area contributed by atoms with Crippen molar-refractivity contribution < 1.29 is 0 Å². The molecule has 2 N–H and O–H groups in total. The van der Waals surface area contributed by atoms with E-state index < -0.39 is 0 Å². The van der Waals surface area contributed by atoms with Crippen molar-refractivity contribution in [2.45, 2.75) is 58.0 Å². The number of nitrogens with zero attached hydrogens (tertiary/aromatic N) is 3. The van der Waals surface area contributed by atoms with Crippen molar-refractivity contribution in [2.24, 2.45) is 11.1 Å². The van der Waals surface area contributed by atoms with Gasteiger partial charge in [-0.3, -0.25) is 4.90 Å². The largest absolute Gasteiger partial charge is 0.330 e. The highest BCUT2D eigenvalue weighted by molar-refractivity contribution is 5.10. The molecule has 1 aromatic heterocycles. The summed E-state index contributed by atoms with van der Waals surface area (Å²) >= 11 is 0. The fourth-order valence-electron chi connectivity index (χ4n) is 3.44. The van der Waals surface area contributed by atoms with Crippen molar-refractivity contribution in [3.8, 4) is 0 Å². The lowest BCUT2D eigenvalue weighted by Crippen LogP contribution is -2.36. The molecular formula is C16H28N4. The first-order chi connectivity index (χ1) is 9.61. The van der Waals surface area contributed by atoms with E-state index in [1.165, 1.54) is 44.3 Å². The van der Waals surface area contributed by atoms with Crippen LogP contribution in [0.4, 0.5) is 0 Å².